The van der Waals surface area contributed by atoms with Crippen LogP contribution < -0.4 is 21.1 Å². The zero-order valence-electron chi connectivity index (χ0n) is 12.4. The van der Waals surface area contributed by atoms with Gasteiger partial charge in [0.05, 0.1) is 0 Å². The Morgan fingerprint density at radius 1 is 0.773 bits per heavy atom. The van der Waals surface area contributed by atoms with Crippen LogP contribution in [0.3, 0.4) is 0 Å². The number of rotatable bonds is 4. The lowest BCUT2D eigenvalue weighted by atomic mass is 10.2. The van der Waals surface area contributed by atoms with Crippen LogP contribution in [-0.4, -0.2) is 30.5 Å². The van der Waals surface area contributed by atoms with E-state index in [2.05, 4.69) is 26.1 Å². The molecule has 5 nitrogen and oxygen atoms in total. The second-order valence-corrected chi connectivity index (χ2v) is 6.23. The number of hydrogen-bond acceptors (Lipinski definition) is 6. The first-order valence-corrected chi connectivity index (χ1v) is 8.12. The highest BCUT2D eigenvalue weighted by molar-refractivity contribution is 7.98. The Morgan fingerprint density at radius 2 is 1.32 bits per heavy atom. The Kier molecular flexibility index (Phi) is 4.60. The van der Waals surface area contributed by atoms with Crippen molar-refractivity contribution >= 4 is 34.9 Å². The number of nitrogens with zero attached hydrogens (tertiary/aromatic N) is 2. The molecule has 1 saturated heterocycles. The predicted octanol–water partition coefficient (Wildman–Crippen LogP) is 2.65. The molecular formula is C16H21N5S. The molecule has 2 aromatic rings. The van der Waals surface area contributed by atoms with Crippen LogP contribution >= 0.6 is 12.1 Å². The van der Waals surface area contributed by atoms with Crippen molar-refractivity contribution in [3.05, 3.63) is 48.5 Å². The average molecular weight is 315 g/mol. The van der Waals surface area contributed by atoms with Crippen molar-refractivity contribution in [3.8, 4) is 0 Å². The van der Waals surface area contributed by atoms with Gasteiger partial charge in [-0.05, 0) is 48.5 Å². The molecule has 1 aliphatic heterocycles. The van der Waals surface area contributed by atoms with E-state index in [4.69, 9.17) is 11.5 Å². The summed E-state index contributed by atoms with van der Waals surface area (Å²) < 4.78 is 5.69. The van der Waals surface area contributed by atoms with Crippen molar-refractivity contribution in [2.24, 2.45) is 0 Å². The molecule has 22 heavy (non-hydrogen) atoms. The van der Waals surface area contributed by atoms with Gasteiger partial charge in [0, 0.05) is 61.1 Å². The van der Waals surface area contributed by atoms with Crippen LogP contribution in [0.4, 0.5) is 22.7 Å². The van der Waals surface area contributed by atoms with Gasteiger partial charge in [0.15, 0.2) is 0 Å². The predicted molar refractivity (Wildman–Crippen MR) is 96.7 cm³/mol. The van der Waals surface area contributed by atoms with Gasteiger partial charge >= 0.3 is 0 Å². The summed E-state index contributed by atoms with van der Waals surface area (Å²) in [5, 5.41) is 0. The Hall–Kier alpha value is -2.05. The normalized spacial score (nSPS) is 15.7. The topological polar surface area (TPSA) is 70.5 Å². The molecule has 0 atom stereocenters. The lowest BCUT2D eigenvalue weighted by Gasteiger charge is -2.35. The van der Waals surface area contributed by atoms with Crippen LogP contribution in [0.15, 0.2) is 48.5 Å². The van der Waals surface area contributed by atoms with Crippen LogP contribution in [0.25, 0.3) is 0 Å². The summed E-state index contributed by atoms with van der Waals surface area (Å²) in [4.78, 5) is 2.39. The Labute approximate surface area is 135 Å². The van der Waals surface area contributed by atoms with E-state index in [9.17, 15) is 0 Å². The maximum absolute atomic E-state index is 5.74. The standard InChI is InChI=1S/C16H21N5S/c17-13-1-5-15(6-2-13)19-22-21-11-9-20(10-12-21)16-7-3-14(18)4-8-16/h1-8,19H,9-12,17-18H2. The third-order valence-corrected chi connectivity index (χ3v) is 4.65. The zero-order valence-corrected chi connectivity index (χ0v) is 13.2. The third-order valence-electron chi connectivity index (χ3n) is 3.70. The van der Waals surface area contributed by atoms with Gasteiger partial charge in [0.1, 0.15) is 0 Å². The summed E-state index contributed by atoms with van der Waals surface area (Å²) in [6.07, 6.45) is 0. The molecule has 3 rings (SSSR count). The molecule has 1 fully saturated rings. The van der Waals surface area contributed by atoms with Gasteiger partial charge in [0.2, 0.25) is 0 Å². The fourth-order valence-corrected chi connectivity index (χ4v) is 3.11. The molecule has 2 aromatic carbocycles. The lowest BCUT2D eigenvalue weighted by Crippen LogP contribution is -2.43. The second kappa shape index (κ2) is 6.81. The van der Waals surface area contributed by atoms with Crippen LogP contribution in [0.1, 0.15) is 0 Å². The molecule has 0 aromatic heterocycles. The molecule has 116 valence electrons. The minimum atomic E-state index is 0.785. The first-order chi connectivity index (χ1) is 10.7. The lowest BCUT2D eigenvalue weighted by molar-refractivity contribution is 0.431. The monoisotopic (exact) mass is 315 g/mol. The van der Waals surface area contributed by atoms with E-state index in [-0.39, 0.29) is 0 Å². The maximum Gasteiger partial charge on any atom is 0.0453 e. The molecule has 0 bridgehead atoms. The van der Waals surface area contributed by atoms with Gasteiger partial charge < -0.3 is 21.1 Å². The Morgan fingerprint density at radius 3 is 1.91 bits per heavy atom. The molecule has 1 aliphatic rings. The number of anilines is 4. The van der Waals surface area contributed by atoms with Crippen molar-refractivity contribution in [2.45, 2.75) is 0 Å². The summed E-state index contributed by atoms with van der Waals surface area (Å²) >= 11 is 1.65. The number of nitrogen functional groups attached to an aromatic ring is 2. The molecule has 0 aliphatic carbocycles. The highest BCUT2D eigenvalue weighted by Gasteiger charge is 2.17. The first kappa shape index (κ1) is 14.9. The Bertz CT molecular complexity index is 591. The van der Waals surface area contributed by atoms with Crippen molar-refractivity contribution in [1.29, 1.82) is 0 Å². The molecule has 0 saturated carbocycles. The first-order valence-electron chi connectivity index (χ1n) is 7.35. The van der Waals surface area contributed by atoms with Crippen molar-refractivity contribution in [2.75, 3.05) is 47.3 Å². The van der Waals surface area contributed by atoms with Gasteiger partial charge in [-0.1, -0.05) is 0 Å². The van der Waals surface area contributed by atoms with Gasteiger partial charge in [-0.2, -0.15) is 0 Å². The fraction of sp³-hybridized carbons (Fsp3) is 0.250. The quantitative estimate of drug-likeness (QED) is 0.595. The molecule has 0 radical (unpaired) electrons. The summed E-state index contributed by atoms with van der Waals surface area (Å²) in [7, 11) is 0. The molecule has 6 heteroatoms. The molecule has 0 spiro atoms. The van der Waals surface area contributed by atoms with Crippen molar-refractivity contribution < 1.29 is 0 Å². The molecule has 0 amide bonds. The van der Waals surface area contributed by atoms with E-state index >= 15 is 0 Å². The average Bonchev–Trinajstić information content (AvgIpc) is 2.56. The van der Waals surface area contributed by atoms with Gasteiger partial charge in [-0.3, -0.25) is 0 Å². The van der Waals surface area contributed by atoms with E-state index in [1.54, 1.807) is 12.1 Å². The molecule has 0 unspecified atom stereocenters. The summed E-state index contributed by atoms with van der Waals surface area (Å²) in [5.41, 5.74) is 15.3. The van der Waals surface area contributed by atoms with Crippen LogP contribution in [0, 0.1) is 0 Å². The van der Waals surface area contributed by atoms with E-state index in [1.165, 1.54) is 5.69 Å². The van der Waals surface area contributed by atoms with Crippen LogP contribution in [-0.2, 0) is 0 Å². The highest BCUT2D eigenvalue weighted by Crippen LogP contribution is 2.22. The van der Waals surface area contributed by atoms with Crippen LogP contribution in [0.5, 0.6) is 0 Å². The maximum atomic E-state index is 5.74. The minimum absolute atomic E-state index is 0.785. The number of benzene rings is 2. The molecule has 5 N–H and O–H groups in total. The third kappa shape index (κ3) is 3.78. The second-order valence-electron chi connectivity index (χ2n) is 5.32. The van der Waals surface area contributed by atoms with E-state index in [1.807, 2.05) is 36.4 Å². The van der Waals surface area contributed by atoms with Gasteiger partial charge in [-0.25, -0.2) is 4.31 Å². The number of nitrogens with two attached hydrogens (primary N) is 2. The Balaban J connectivity index is 1.47. The molecular weight excluding hydrogens is 294 g/mol. The number of hydrogen-bond donors (Lipinski definition) is 3. The van der Waals surface area contributed by atoms with Crippen molar-refractivity contribution in [1.82, 2.24) is 4.31 Å². The SMILES string of the molecule is Nc1ccc(NSN2CCN(c3ccc(N)cc3)CC2)cc1. The van der Waals surface area contributed by atoms with E-state index < -0.39 is 0 Å². The van der Waals surface area contributed by atoms with E-state index in [0.29, 0.717) is 0 Å². The summed E-state index contributed by atoms with van der Waals surface area (Å²) in [6.45, 7) is 4.05. The van der Waals surface area contributed by atoms with E-state index in [0.717, 1.165) is 43.2 Å². The smallest absolute Gasteiger partial charge is 0.0453 e. The summed E-state index contributed by atoms with van der Waals surface area (Å²) in [6, 6.07) is 15.9. The fourth-order valence-electron chi connectivity index (χ4n) is 2.39. The zero-order chi connectivity index (χ0) is 15.4. The number of piperazine rings is 1. The summed E-state index contributed by atoms with van der Waals surface area (Å²) in [5.74, 6) is 0. The molecule has 1 heterocycles. The van der Waals surface area contributed by atoms with Gasteiger partial charge in [-0.15, -0.1) is 0 Å². The van der Waals surface area contributed by atoms with Gasteiger partial charge in [0.25, 0.3) is 0 Å². The van der Waals surface area contributed by atoms with Crippen molar-refractivity contribution in [3.63, 3.8) is 0 Å². The number of nitrogens with one attached hydrogen (secondary N) is 1. The largest absolute Gasteiger partial charge is 0.399 e. The highest BCUT2D eigenvalue weighted by atomic mass is 32.2. The van der Waals surface area contributed by atoms with Crippen LogP contribution in [0.2, 0.25) is 0 Å². The minimum Gasteiger partial charge on any atom is -0.399 e.